The van der Waals surface area contributed by atoms with E-state index in [0.717, 1.165) is 36.3 Å². The zero-order chi connectivity index (χ0) is 18.2. The van der Waals surface area contributed by atoms with Gasteiger partial charge < -0.3 is 14.5 Å². The van der Waals surface area contributed by atoms with Gasteiger partial charge in [-0.25, -0.2) is 0 Å². The summed E-state index contributed by atoms with van der Waals surface area (Å²) in [6.07, 6.45) is 3.71. The van der Waals surface area contributed by atoms with Crippen LogP contribution in [0, 0.1) is 0 Å². The van der Waals surface area contributed by atoms with E-state index in [0.29, 0.717) is 26.1 Å². The normalized spacial score (nSPS) is 14.7. The average molecular weight is 344 g/mol. The molecule has 0 N–H and O–H groups in total. The molecule has 1 aromatic rings. The molecule has 1 aliphatic heterocycles. The predicted octanol–water partition coefficient (Wildman–Crippen LogP) is 2.65. The molecule has 25 heavy (non-hydrogen) atoms. The van der Waals surface area contributed by atoms with Crippen LogP contribution in [-0.2, 0) is 16.0 Å². The zero-order valence-corrected chi connectivity index (χ0v) is 15.5. The number of carbonyl (C=O) groups excluding carboxylic acids is 2. The van der Waals surface area contributed by atoms with Crippen LogP contribution >= 0.6 is 0 Å². The molecule has 5 nitrogen and oxygen atoms in total. The van der Waals surface area contributed by atoms with Gasteiger partial charge in [0.05, 0.1) is 7.11 Å². The number of allylic oxidation sites excluding steroid dienone is 1. The zero-order valence-electron chi connectivity index (χ0n) is 15.5. The van der Waals surface area contributed by atoms with Gasteiger partial charge in [0.2, 0.25) is 11.8 Å². The van der Waals surface area contributed by atoms with Crippen molar-refractivity contribution < 1.29 is 14.3 Å². The molecule has 0 spiro atoms. The van der Waals surface area contributed by atoms with E-state index >= 15 is 0 Å². The van der Waals surface area contributed by atoms with Gasteiger partial charge in [0, 0.05) is 38.7 Å². The van der Waals surface area contributed by atoms with Crippen LogP contribution in [-0.4, -0.2) is 54.9 Å². The smallest absolute Gasteiger partial charge is 0.246 e. The van der Waals surface area contributed by atoms with Crippen LogP contribution in [0.2, 0.25) is 0 Å². The van der Waals surface area contributed by atoms with Crippen LogP contribution in [0.3, 0.4) is 0 Å². The summed E-state index contributed by atoms with van der Waals surface area (Å²) in [5.74, 6) is 1.03. The molecular formula is C20H28N2O3. The van der Waals surface area contributed by atoms with Crippen molar-refractivity contribution in [3.05, 3.63) is 41.5 Å². The molecule has 1 fully saturated rings. The second-order valence-corrected chi connectivity index (χ2v) is 6.63. The first-order chi connectivity index (χ1) is 12.0. The monoisotopic (exact) mass is 344 g/mol. The topological polar surface area (TPSA) is 49.9 Å². The molecule has 1 saturated heterocycles. The number of hydrogen-bond acceptors (Lipinski definition) is 3. The number of aryl methyl sites for hydroxylation is 1. The number of rotatable bonds is 5. The molecular weight excluding hydrogens is 316 g/mol. The second kappa shape index (κ2) is 9.25. The van der Waals surface area contributed by atoms with Gasteiger partial charge in [-0.3, -0.25) is 9.59 Å². The van der Waals surface area contributed by atoms with Crippen molar-refractivity contribution in [3.8, 4) is 5.75 Å². The fraction of sp³-hybridized carbons (Fsp3) is 0.500. The molecule has 1 heterocycles. The van der Waals surface area contributed by atoms with Crippen molar-refractivity contribution in [2.24, 2.45) is 0 Å². The van der Waals surface area contributed by atoms with E-state index in [-0.39, 0.29) is 11.8 Å². The van der Waals surface area contributed by atoms with Gasteiger partial charge in [0.1, 0.15) is 5.75 Å². The number of ether oxygens (including phenoxy) is 1. The predicted molar refractivity (Wildman–Crippen MR) is 98.5 cm³/mol. The lowest BCUT2D eigenvalue weighted by Crippen LogP contribution is -2.37. The summed E-state index contributed by atoms with van der Waals surface area (Å²) in [5, 5.41) is 0. The number of benzene rings is 1. The van der Waals surface area contributed by atoms with Gasteiger partial charge in [-0.15, -0.1) is 0 Å². The third-order valence-corrected chi connectivity index (χ3v) is 4.36. The minimum atomic E-state index is 0.0486. The van der Waals surface area contributed by atoms with Gasteiger partial charge in [-0.1, -0.05) is 17.7 Å². The Morgan fingerprint density at radius 2 is 1.68 bits per heavy atom. The van der Waals surface area contributed by atoms with Crippen LogP contribution in [0.15, 0.2) is 35.9 Å². The second-order valence-electron chi connectivity index (χ2n) is 6.63. The lowest BCUT2D eigenvalue weighted by molar-refractivity contribution is -0.132. The number of carbonyl (C=O) groups is 2. The van der Waals surface area contributed by atoms with Crippen molar-refractivity contribution in [2.45, 2.75) is 33.1 Å². The van der Waals surface area contributed by atoms with Crippen LogP contribution in [0.4, 0.5) is 0 Å². The summed E-state index contributed by atoms with van der Waals surface area (Å²) in [6, 6.07) is 7.82. The van der Waals surface area contributed by atoms with E-state index in [1.54, 1.807) is 13.2 Å². The Labute approximate surface area is 150 Å². The molecule has 0 saturated carbocycles. The maximum atomic E-state index is 12.5. The molecule has 5 heteroatoms. The number of nitrogens with zero attached hydrogens (tertiary/aromatic N) is 2. The standard InChI is InChI=1S/C20H28N2O3/c1-16(2)15-20(24)22-12-4-11-21(13-14-22)19(23)10-7-17-5-8-18(25-3)9-6-17/h5-6,8-9,15H,4,7,10-14H2,1-3H3. The van der Waals surface area contributed by atoms with Crippen LogP contribution < -0.4 is 4.74 Å². The summed E-state index contributed by atoms with van der Waals surface area (Å²) >= 11 is 0. The average Bonchev–Trinajstić information content (AvgIpc) is 2.86. The highest BCUT2D eigenvalue weighted by atomic mass is 16.5. The Morgan fingerprint density at radius 3 is 2.32 bits per heavy atom. The first kappa shape index (κ1) is 19.0. The van der Waals surface area contributed by atoms with Crippen LogP contribution in [0.25, 0.3) is 0 Å². The van der Waals surface area contributed by atoms with Crippen molar-refractivity contribution in [1.82, 2.24) is 9.80 Å². The third-order valence-electron chi connectivity index (χ3n) is 4.36. The van der Waals surface area contributed by atoms with Crippen molar-refractivity contribution >= 4 is 11.8 Å². The van der Waals surface area contributed by atoms with Gasteiger partial charge in [-0.2, -0.15) is 0 Å². The molecule has 0 radical (unpaired) electrons. The molecule has 136 valence electrons. The van der Waals surface area contributed by atoms with Crippen LogP contribution in [0.5, 0.6) is 5.75 Å². The molecule has 1 aliphatic rings. The fourth-order valence-corrected chi connectivity index (χ4v) is 2.93. The Morgan fingerprint density at radius 1 is 1.04 bits per heavy atom. The molecule has 0 aliphatic carbocycles. The number of amides is 2. The highest BCUT2D eigenvalue weighted by molar-refractivity contribution is 5.88. The molecule has 0 atom stereocenters. The van der Waals surface area contributed by atoms with E-state index in [1.165, 1.54) is 0 Å². The highest BCUT2D eigenvalue weighted by Gasteiger charge is 2.20. The Hall–Kier alpha value is -2.30. The van der Waals surface area contributed by atoms with Gasteiger partial charge >= 0.3 is 0 Å². The lowest BCUT2D eigenvalue weighted by Gasteiger charge is -2.21. The van der Waals surface area contributed by atoms with E-state index in [4.69, 9.17) is 4.74 Å². The van der Waals surface area contributed by atoms with E-state index in [9.17, 15) is 9.59 Å². The molecule has 0 bridgehead atoms. The minimum absolute atomic E-state index is 0.0486. The maximum absolute atomic E-state index is 12.5. The van der Waals surface area contributed by atoms with E-state index < -0.39 is 0 Å². The number of hydrogen-bond donors (Lipinski definition) is 0. The summed E-state index contributed by atoms with van der Waals surface area (Å²) in [5.41, 5.74) is 2.13. The van der Waals surface area contributed by atoms with E-state index in [2.05, 4.69) is 0 Å². The molecule has 0 aromatic heterocycles. The van der Waals surface area contributed by atoms with Gasteiger partial charge in [0.15, 0.2) is 0 Å². The van der Waals surface area contributed by atoms with Crippen molar-refractivity contribution in [3.63, 3.8) is 0 Å². The molecule has 2 rings (SSSR count). The largest absolute Gasteiger partial charge is 0.497 e. The maximum Gasteiger partial charge on any atom is 0.246 e. The van der Waals surface area contributed by atoms with Gasteiger partial charge in [-0.05, 0) is 44.4 Å². The van der Waals surface area contributed by atoms with Gasteiger partial charge in [0.25, 0.3) is 0 Å². The fourth-order valence-electron chi connectivity index (χ4n) is 2.93. The summed E-state index contributed by atoms with van der Waals surface area (Å²) < 4.78 is 5.15. The quantitative estimate of drug-likeness (QED) is 0.772. The summed E-state index contributed by atoms with van der Waals surface area (Å²) in [6.45, 7) is 6.50. The van der Waals surface area contributed by atoms with Crippen molar-refractivity contribution in [2.75, 3.05) is 33.3 Å². The first-order valence-electron chi connectivity index (χ1n) is 8.84. The Bertz CT molecular complexity index is 618. The first-order valence-corrected chi connectivity index (χ1v) is 8.84. The minimum Gasteiger partial charge on any atom is -0.497 e. The SMILES string of the molecule is COc1ccc(CCC(=O)N2CCCN(C(=O)C=C(C)C)CC2)cc1. The number of methoxy groups -OCH3 is 1. The molecule has 0 unspecified atom stereocenters. The highest BCUT2D eigenvalue weighted by Crippen LogP contribution is 2.14. The summed E-state index contributed by atoms with van der Waals surface area (Å²) in [7, 11) is 1.64. The Kier molecular flexibility index (Phi) is 7.04. The molecule has 1 aromatic carbocycles. The Balaban J connectivity index is 1.83. The summed E-state index contributed by atoms with van der Waals surface area (Å²) in [4.78, 5) is 28.3. The van der Waals surface area contributed by atoms with E-state index in [1.807, 2.05) is 47.9 Å². The van der Waals surface area contributed by atoms with Crippen LogP contribution in [0.1, 0.15) is 32.3 Å². The lowest BCUT2D eigenvalue weighted by atomic mass is 10.1. The third kappa shape index (κ3) is 5.93. The van der Waals surface area contributed by atoms with Crippen molar-refractivity contribution in [1.29, 1.82) is 0 Å². The molecule has 2 amide bonds.